The van der Waals surface area contributed by atoms with E-state index in [1.165, 1.54) is 0 Å². The first-order valence-corrected chi connectivity index (χ1v) is 9.34. The van der Waals surface area contributed by atoms with Gasteiger partial charge in [-0.25, -0.2) is 8.42 Å². The lowest BCUT2D eigenvalue weighted by Crippen LogP contribution is -2.35. The summed E-state index contributed by atoms with van der Waals surface area (Å²) in [5.74, 6) is 0.650. The summed E-state index contributed by atoms with van der Waals surface area (Å²) in [6.07, 6.45) is 5.49. The van der Waals surface area contributed by atoms with Crippen molar-refractivity contribution in [2.75, 3.05) is 12.3 Å². The molecule has 114 valence electrons. The molecule has 1 fully saturated rings. The van der Waals surface area contributed by atoms with Gasteiger partial charge in [0.05, 0.1) is 10.6 Å². The van der Waals surface area contributed by atoms with E-state index in [9.17, 15) is 13.2 Å². The van der Waals surface area contributed by atoms with Crippen LogP contribution < -0.4 is 5.32 Å². The number of sulfone groups is 1. The van der Waals surface area contributed by atoms with Gasteiger partial charge in [-0.1, -0.05) is 18.6 Å². The van der Waals surface area contributed by atoms with Crippen LogP contribution in [0, 0.1) is 5.92 Å². The smallest absolute Gasteiger partial charge is 0.223 e. The SMILES string of the molecule is O=C(NCCc1ccc2c(c1)CCCS2(=O)=O)C1CCC1. The molecule has 1 amide bonds. The van der Waals surface area contributed by atoms with Crippen LogP contribution in [0.1, 0.15) is 36.8 Å². The van der Waals surface area contributed by atoms with Crippen molar-refractivity contribution in [3.63, 3.8) is 0 Å². The van der Waals surface area contributed by atoms with E-state index < -0.39 is 9.84 Å². The molecule has 0 radical (unpaired) electrons. The van der Waals surface area contributed by atoms with Gasteiger partial charge < -0.3 is 5.32 Å². The van der Waals surface area contributed by atoms with E-state index in [0.717, 1.165) is 43.2 Å². The molecule has 0 spiro atoms. The molecule has 1 N–H and O–H groups in total. The first-order chi connectivity index (χ1) is 10.1. The molecule has 1 heterocycles. The first kappa shape index (κ1) is 14.6. The number of rotatable bonds is 4. The summed E-state index contributed by atoms with van der Waals surface area (Å²) in [5.41, 5.74) is 2.03. The van der Waals surface area contributed by atoms with Crippen molar-refractivity contribution in [3.8, 4) is 0 Å². The number of nitrogens with one attached hydrogen (secondary N) is 1. The number of aryl methyl sites for hydroxylation is 1. The van der Waals surface area contributed by atoms with Crippen molar-refractivity contribution < 1.29 is 13.2 Å². The lowest BCUT2D eigenvalue weighted by atomic mass is 9.85. The Bertz CT molecular complexity index is 647. The zero-order valence-corrected chi connectivity index (χ0v) is 12.9. The van der Waals surface area contributed by atoms with Crippen LogP contribution in [0.2, 0.25) is 0 Å². The Labute approximate surface area is 125 Å². The van der Waals surface area contributed by atoms with Gasteiger partial charge >= 0.3 is 0 Å². The van der Waals surface area contributed by atoms with Crippen molar-refractivity contribution in [2.24, 2.45) is 5.92 Å². The molecule has 0 unspecified atom stereocenters. The molecule has 4 nitrogen and oxygen atoms in total. The third-order valence-corrected chi connectivity index (χ3v) is 6.40. The monoisotopic (exact) mass is 307 g/mol. The van der Waals surface area contributed by atoms with E-state index in [1.807, 2.05) is 12.1 Å². The second-order valence-electron chi connectivity index (χ2n) is 6.03. The third kappa shape index (κ3) is 3.12. The molecule has 1 aliphatic carbocycles. The highest BCUT2D eigenvalue weighted by molar-refractivity contribution is 7.91. The van der Waals surface area contributed by atoms with Gasteiger partial charge in [0.15, 0.2) is 9.84 Å². The molecule has 5 heteroatoms. The van der Waals surface area contributed by atoms with E-state index >= 15 is 0 Å². The number of fused-ring (bicyclic) bond motifs is 1. The highest BCUT2D eigenvalue weighted by Gasteiger charge is 2.25. The van der Waals surface area contributed by atoms with Crippen molar-refractivity contribution in [3.05, 3.63) is 29.3 Å². The van der Waals surface area contributed by atoms with Crippen LogP contribution in [0.25, 0.3) is 0 Å². The van der Waals surface area contributed by atoms with Gasteiger partial charge in [0.25, 0.3) is 0 Å². The van der Waals surface area contributed by atoms with Gasteiger partial charge in [-0.2, -0.15) is 0 Å². The van der Waals surface area contributed by atoms with Crippen LogP contribution in [0.5, 0.6) is 0 Å². The molecule has 2 aliphatic rings. The maximum atomic E-state index is 11.9. The number of amides is 1. The molecular formula is C16H21NO3S. The molecule has 0 aromatic heterocycles. The minimum atomic E-state index is -3.07. The van der Waals surface area contributed by atoms with Gasteiger partial charge in [0.1, 0.15) is 0 Å². The molecular weight excluding hydrogens is 286 g/mol. The highest BCUT2D eigenvalue weighted by Crippen LogP contribution is 2.27. The maximum absolute atomic E-state index is 11.9. The average Bonchev–Trinajstić information content (AvgIpc) is 2.36. The van der Waals surface area contributed by atoms with Crippen molar-refractivity contribution in [1.29, 1.82) is 0 Å². The molecule has 0 bridgehead atoms. The van der Waals surface area contributed by atoms with Crippen LogP contribution in [-0.2, 0) is 27.5 Å². The summed E-state index contributed by atoms with van der Waals surface area (Å²) < 4.78 is 23.9. The Balaban J connectivity index is 1.60. The van der Waals surface area contributed by atoms with E-state index in [0.29, 0.717) is 17.9 Å². The van der Waals surface area contributed by atoms with Gasteiger partial charge in [-0.3, -0.25) is 4.79 Å². The molecule has 1 saturated carbocycles. The van der Waals surface area contributed by atoms with Gasteiger partial charge in [0.2, 0.25) is 5.91 Å². The van der Waals surface area contributed by atoms with Gasteiger partial charge in [-0.05, 0) is 49.3 Å². The second kappa shape index (κ2) is 5.79. The summed E-state index contributed by atoms with van der Waals surface area (Å²) in [7, 11) is -3.07. The zero-order chi connectivity index (χ0) is 14.9. The predicted molar refractivity (Wildman–Crippen MR) is 80.9 cm³/mol. The Hall–Kier alpha value is -1.36. The van der Waals surface area contributed by atoms with E-state index in [-0.39, 0.29) is 17.6 Å². The molecule has 3 rings (SSSR count). The second-order valence-corrected chi connectivity index (χ2v) is 8.11. The van der Waals surface area contributed by atoms with Crippen molar-refractivity contribution in [1.82, 2.24) is 5.32 Å². The molecule has 21 heavy (non-hydrogen) atoms. The average molecular weight is 307 g/mol. The Morgan fingerprint density at radius 2 is 2.05 bits per heavy atom. The van der Waals surface area contributed by atoms with Crippen LogP contribution in [-0.4, -0.2) is 26.6 Å². The number of benzene rings is 1. The topological polar surface area (TPSA) is 63.2 Å². The molecule has 1 aromatic rings. The van der Waals surface area contributed by atoms with Crippen LogP contribution in [0.3, 0.4) is 0 Å². The lowest BCUT2D eigenvalue weighted by molar-refractivity contribution is -0.127. The largest absolute Gasteiger partial charge is 0.356 e. The van der Waals surface area contributed by atoms with Gasteiger partial charge in [-0.15, -0.1) is 0 Å². The fraction of sp³-hybridized carbons (Fsp3) is 0.562. The van der Waals surface area contributed by atoms with Crippen LogP contribution in [0.15, 0.2) is 23.1 Å². The molecule has 1 aliphatic heterocycles. The van der Waals surface area contributed by atoms with Crippen molar-refractivity contribution >= 4 is 15.7 Å². The van der Waals surface area contributed by atoms with Crippen LogP contribution >= 0.6 is 0 Å². The highest BCUT2D eigenvalue weighted by atomic mass is 32.2. The summed E-state index contributed by atoms with van der Waals surface area (Å²) in [6, 6.07) is 5.59. The third-order valence-electron chi connectivity index (χ3n) is 4.51. The minimum Gasteiger partial charge on any atom is -0.356 e. The Morgan fingerprint density at radius 1 is 1.24 bits per heavy atom. The fourth-order valence-corrected chi connectivity index (χ4v) is 4.57. The van der Waals surface area contributed by atoms with Crippen molar-refractivity contribution in [2.45, 2.75) is 43.4 Å². The normalized spacial score (nSPS) is 20.4. The predicted octanol–water partition coefficient (Wildman–Crippen LogP) is 1.87. The Kier molecular flexibility index (Phi) is 4.02. The first-order valence-electron chi connectivity index (χ1n) is 7.68. The molecule has 1 aromatic carbocycles. The van der Waals surface area contributed by atoms with Crippen LogP contribution in [0.4, 0.5) is 0 Å². The molecule has 0 saturated heterocycles. The van der Waals surface area contributed by atoms with E-state index in [4.69, 9.17) is 0 Å². The molecule has 0 atom stereocenters. The van der Waals surface area contributed by atoms with Gasteiger partial charge in [0, 0.05) is 12.5 Å². The fourth-order valence-electron chi connectivity index (χ4n) is 2.99. The number of hydrogen-bond donors (Lipinski definition) is 1. The zero-order valence-electron chi connectivity index (χ0n) is 12.1. The number of hydrogen-bond acceptors (Lipinski definition) is 3. The maximum Gasteiger partial charge on any atom is 0.223 e. The number of carbonyl (C=O) groups excluding carboxylic acids is 1. The van der Waals surface area contributed by atoms with E-state index in [2.05, 4.69) is 5.32 Å². The Morgan fingerprint density at radius 3 is 2.76 bits per heavy atom. The standard InChI is InChI=1S/C16H21NO3S/c18-16(13-3-1-4-13)17-9-8-12-6-7-15-14(11-12)5-2-10-21(15,19)20/h6-7,11,13H,1-5,8-10H2,(H,17,18). The number of carbonyl (C=O) groups is 1. The summed E-state index contributed by atoms with van der Waals surface area (Å²) >= 11 is 0. The summed E-state index contributed by atoms with van der Waals surface area (Å²) in [4.78, 5) is 12.2. The minimum absolute atomic E-state index is 0.168. The lowest BCUT2D eigenvalue weighted by Gasteiger charge is -2.24. The summed E-state index contributed by atoms with van der Waals surface area (Å²) in [5, 5.41) is 2.97. The summed E-state index contributed by atoms with van der Waals surface area (Å²) in [6.45, 7) is 0.626. The van der Waals surface area contributed by atoms with E-state index in [1.54, 1.807) is 6.07 Å². The quantitative estimate of drug-likeness (QED) is 0.923.